The molecule has 2 N–H and O–H groups in total. The first-order valence-electron chi connectivity index (χ1n) is 10.2. The number of ether oxygens (including phenoxy) is 1. The second-order valence-corrected chi connectivity index (χ2v) is 7.34. The summed E-state index contributed by atoms with van der Waals surface area (Å²) in [6.07, 6.45) is 4.26. The van der Waals surface area contributed by atoms with Gasteiger partial charge in [0.2, 0.25) is 0 Å². The lowest BCUT2D eigenvalue weighted by molar-refractivity contribution is 0.133. The predicted molar refractivity (Wildman–Crippen MR) is 118 cm³/mol. The smallest absolute Gasteiger partial charge is 0.322 e. The molecule has 0 spiro atoms. The van der Waals surface area contributed by atoms with Gasteiger partial charge in [-0.25, -0.2) is 4.79 Å². The summed E-state index contributed by atoms with van der Waals surface area (Å²) in [6.45, 7) is 2.53. The molecule has 4 rings (SSSR count). The van der Waals surface area contributed by atoms with Crippen LogP contribution >= 0.6 is 0 Å². The first-order chi connectivity index (χ1) is 14.8. The van der Waals surface area contributed by atoms with Gasteiger partial charge in [0.15, 0.2) is 0 Å². The molecule has 1 aromatic heterocycles. The van der Waals surface area contributed by atoms with Crippen molar-refractivity contribution in [1.82, 2.24) is 15.2 Å². The third-order valence-electron chi connectivity index (χ3n) is 5.14. The van der Waals surface area contributed by atoms with Crippen molar-refractivity contribution in [2.24, 2.45) is 0 Å². The van der Waals surface area contributed by atoms with Crippen LogP contribution in [-0.2, 0) is 6.42 Å². The Morgan fingerprint density at radius 2 is 1.87 bits per heavy atom. The molecule has 1 aliphatic rings. The number of hydrogen-bond donors (Lipinski definition) is 2. The van der Waals surface area contributed by atoms with Crippen LogP contribution in [0.3, 0.4) is 0 Å². The summed E-state index contributed by atoms with van der Waals surface area (Å²) in [5.41, 5.74) is 3.28. The number of amides is 2. The fourth-order valence-corrected chi connectivity index (χ4v) is 3.53. The molecule has 2 amide bonds. The van der Waals surface area contributed by atoms with Gasteiger partial charge < -0.3 is 20.3 Å². The topological polar surface area (TPSA) is 66.5 Å². The van der Waals surface area contributed by atoms with Gasteiger partial charge in [0, 0.05) is 31.5 Å². The molecular formula is C24H26N4O2. The fraction of sp³-hybridized carbons (Fsp3) is 0.250. The largest absolute Gasteiger partial charge is 0.490 e. The van der Waals surface area contributed by atoms with Crippen LogP contribution in [0, 0.1) is 0 Å². The molecule has 6 heteroatoms. The third kappa shape index (κ3) is 5.36. The Hall–Kier alpha value is -3.38. The number of pyridine rings is 1. The van der Waals surface area contributed by atoms with Crippen LogP contribution in [0.2, 0.25) is 0 Å². The molecule has 1 unspecified atom stereocenters. The maximum absolute atomic E-state index is 12.9. The van der Waals surface area contributed by atoms with Crippen LogP contribution in [0.4, 0.5) is 10.5 Å². The summed E-state index contributed by atoms with van der Waals surface area (Å²) in [5.74, 6) is 0.706. The average molecular weight is 402 g/mol. The van der Waals surface area contributed by atoms with E-state index in [9.17, 15) is 4.79 Å². The maximum atomic E-state index is 12.9. The second kappa shape index (κ2) is 9.89. The van der Waals surface area contributed by atoms with Crippen molar-refractivity contribution in [2.75, 3.05) is 31.6 Å². The molecule has 0 radical (unpaired) electrons. The normalized spacial score (nSPS) is 16.1. The standard InChI is InChI=1S/C24H26N4O2/c29-24(27-21-10-8-20(9-11-21)15-19-5-2-1-3-6-19)28-14-13-26-16-22(28)18-30-23-7-4-12-25-17-23/h1-12,17,22,26H,13-16,18H2,(H,27,29). The van der Waals surface area contributed by atoms with Crippen LogP contribution in [0.1, 0.15) is 11.1 Å². The van der Waals surface area contributed by atoms with Gasteiger partial charge in [-0.3, -0.25) is 4.98 Å². The lowest BCUT2D eigenvalue weighted by atomic mass is 10.0. The van der Waals surface area contributed by atoms with Gasteiger partial charge >= 0.3 is 6.03 Å². The Kier molecular flexibility index (Phi) is 6.57. The van der Waals surface area contributed by atoms with E-state index in [1.807, 2.05) is 47.4 Å². The van der Waals surface area contributed by atoms with Gasteiger partial charge in [-0.1, -0.05) is 42.5 Å². The fourth-order valence-electron chi connectivity index (χ4n) is 3.53. The predicted octanol–water partition coefficient (Wildman–Crippen LogP) is 3.56. The van der Waals surface area contributed by atoms with Crippen molar-refractivity contribution in [2.45, 2.75) is 12.5 Å². The summed E-state index contributed by atoms with van der Waals surface area (Å²) >= 11 is 0. The molecule has 2 aromatic carbocycles. The third-order valence-corrected chi connectivity index (χ3v) is 5.14. The van der Waals surface area contributed by atoms with E-state index in [2.05, 4.69) is 39.9 Å². The highest BCUT2D eigenvalue weighted by atomic mass is 16.5. The van der Waals surface area contributed by atoms with E-state index in [0.717, 1.165) is 18.7 Å². The van der Waals surface area contributed by atoms with Crippen LogP contribution in [0.15, 0.2) is 79.1 Å². The van der Waals surface area contributed by atoms with Gasteiger partial charge in [-0.2, -0.15) is 0 Å². The molecule has 1 atom stereocenters. The maximum Gasteiger partial charge on any atom is 0.322 e. The van der Waals surface area contributed by atoms with Crippen molar-refractivity contribution in [3.8, 4) is 5.75 Å². The zero-order valence-electron chi connectivity index (χ0n) is 16.8. The number of nitrogens with one attached hydrogen (secondary N) is 2. The molecule has 1 fully saturated rings. The quantitative estimate of drug-likeness (QED) is 0.662. The number of aromatic nitrogens is 1. The van der Waals surface area contributed by atoms with Crippen molar-refractivity contribution in [1.29, 1.82) is 0 Å². The number of nitrogens with zero attached hydrogens (tertiary/aromatic N) is 2. The Morgan fingerprint density at radius 1 is 1.07 bits per heavy atom. The first kappa shape index (κ1) is 19.9. The number of carbonyl (C=O) groups is 1. The van der Waals surface area contributed by atoms with E-state index in [-0.39, 0.29) is 12.1 Å². The highest BCUT2D eigenvalue weighted by molar-refractivity contribution is 5.89. The molecule has 6 nitrogen and oxygen atoms in total. The van der Waals surface area contributed by atoms with E-state index in [0.29, 0.717) is 25.4 Å². The highest BCUT2D eigenvalue weighted by Crippen LogP contribution is 2.16. The van der Waals surface area contributed by atoms with Crippen molar-refractivity contribution in [3.63, 3.8) is 0 Å². The second-order valence-electron chi connectivity index (χ2n) is 7.34. The van der Waals surface area contributed by atoms with E-state index >= 15 is 0 Å². The van der Waals surface area contributed by atoms with E-state index in [4.69, 9.17) is 4.74 Å². The zero-order chi connectivity index (χ0) is 20.6. The average Bonchev–Trinajstić information content (AvgIpc) is 2.80. The van der Waals surface area contributed by atoms with Gasteiger partial charge in [-0.15, -0.1) is 0 Å². The minimum Gasteiger partial charge on any atom is -0.490 e. The van der Waals surface area contributed by atoms with Crippen LogP contribution in [0.5, 0.6) is 5.75 Å². The van der Waals surface area contributed by atoms with Gasteiger partial charge in [-0.05, 0) is 41.8 Å². The minimum atomic E-state index is -0.105. The molecule has 2 heterocycles. The molecular weight excluding hydrogens is 376 g/mol. The molecule has 3 aromatic rings. The number of carbonyl (C=O) groups excluding carboxylic acids is 1. The minimum absolute atomic E-state index is 0.0451. The summed E-state index contributed by atoms with van der Waals surface area (Å²) < 4.78 is 5.82. The molecule has 1 saturated heterocycles. The van der Waals surface area contributed by atoms with Gasteiger partial charge in [0.05, 0.1) is 12.2 Å². The van der Waals surface area contributed by atoms with Crippen molar-refractivity contribution < 1.29 is 9.53 Å². The number of rotatable bonds is 6. The van der Waals surface area contributed by atoms with Crippen LogP contribution < -0.4 is 15.4 Å². The molecule has 0 bridgehead atoms. The number of urea groups is 1. The zero-order valence-corrected chi connectivity index (χ0v) is 16.8. The number of piperazine rings is 1. The molecule has 0 aliphatic carbocycles. The van der Waals surface area contributed by atoms with Gasteiger partial charge in [0.25, 0.3) is 0 Å². The summed E-state index contributed by atoms with van der Waals surface area (Å²) in [4.78, 5) is 18.8. The van der Waals surface area contributed by atoms with Crippen LogP contribution in [0.25, 0.3) is 0 Å². The first-order valence-corrected chi connectivity index (χ1v) is 10.2. The lowest BCUT2D eigenvalue weighted by Crippen LogP contribution is -2.57. The Labute approximate surface area is 176 Å². The lowest BCUT2D eigenvalue weighted by Gasteiger charge is -2.35. The van der Waals surface area contributed by atoms with E-state index in [1.54, 1.807) is 12.4 Å². The molecule has 30 heavy (non-hydrogen) atoms. The van der Waals surface area contributed by atoms with E-state index in [1.165, 1.54) is 11.1 Å². The molecule has 1 aliphatic heterocycles. The molecule has 0 saturated carbocycles. The van der Waals surface area contributed by atoms with Gasteiger partial charge in [0.1, 0.15) is 12.4 Å². The Bertz CT molecular complexity index is 932. The number of hydrogen-bond acceptors (Lipinski definition) is 4. The SMILES string of the molecule is O=C(Nc1ccc(Cc2ccccc2)cc1)N1CCNCC1COc1cccnc1. The highest BCUT2D eigenvalue weighted by Gasteiger charge is 2.27. The van der Waals surface area contributed by atoms with Crippen molar-refractivity contribution in [3.05, 3.63) is 90.3 Å². The van der Waals surface area contributed by atoms with E-state index < -0.39 is 0 Å². The monoisotopic (exact) mass is 402 g/mol. The summed E-state index contributed by atoms with van der Waals surface area (Å²) in [5, 5.41) is 6.36. The molecule has 154 valence electrons. The Morgan fingerprint density at radius 3 is 2.63 bits per heavy atom. The Balaban J connectivity index is 1.34. The summed E-state index contributed by atoms with van der Waals surface area (Å²) in [7, 11) is 0. The van der Waals surface area contributed by atoms with Crippen LogP contribution in [-0.4, -0.2) is 48.2 Å². The number of anilines is 1. The number of benzene rings is 2. The van der Waals surface area contributed by atoms with Crippen molar-refractivity contribution >= 4 is 11.7 Å². The summed E-state index contributed by atoms with van der Waals surface area (Å²) in [6, 6.07) is 21.9.